The molecule has 112 valence electrons. The number of aliphatic hydroxyl groups is 2. The molecule has 0 aromatic carbocycles. The second kappa shape index (κ2) is 4.05. The molecule has 4 nitrogen and oxygen atoms in total. The Balaban J connectivity index is 1.91. The quantitative estimate of drug-likeness (QED) is 0.693. The van der Waals surface area contributed by atoms with E-state index in [2.05, 4.69) is 11.8 Å². The lowest BCUT2D eigenvalue weighted by molar-refractivity contribution is -0.285. The molecule has 1 spiro atoms. The van der Waals surface area contributed by atoms with Crippen molar-refractivity contribution in [1.82, 2.24) is 4.90 Å². The van der Waals surface area contributed by atoms with Crippen molar-refractivity contribution in [3.8, 4) is 0 Å². The van der Waals surface area contributed by atoms with Gasteiger partial charge in [-0.1, -0.05) is 6.92 Å². The fourth-order valence-corrected chi connectivity index (χ4v) is 6.17. The Bertz CT molecular complexity index is 453. The van der Waals surface area contributed by atoms with Crippen molar-refractivity contribution >= 4 is 5.78 Å². The van der Waals surface area contributed by atoms with E-state index in [4.69, 9.17) is 0 Å². The highest BCUT2D eigenvalue weighted by molar-refractivity contribution is 5.85. The number of carbonyl (C=O) groups is 1. The monoisotopic (exact) mass is 279 g/mol. The van der Waals surface area contributed by atoms with Crippen molar-refractivity contribution in [3.05, 3.63) is 0 Å². The highest BCUT2D eigenvalue weighted by Crippen LogP contribution is 2.61. The summed E-state index contributed by atoms with van der Waals surface area (Å²) in [5.74, 6) is 0.758. The number of aliphatic hydroxyl groups excluding tert-OH is 1. The summed E-state index contributed by atoms with van der Waals surface area (Å²) in [6.07, 6.45) is 4.13. The first-order chi connectivity index (χ1) is 9.50. The van der Waals surface area contributed by atoms with Crippen molar-refractivity contribution in [3.63, 3.8) is 0 Å². The number of Topliss-reactive ketones (excluding diaryl/α,β-unsaturated/α-hetero) is 1. The van der Waals surface area contributed by atoms with Gasteiger partial charge in [-0.3, -0.25) is 9.69 Å². The fourth-order valence-electron chi connectivity index (χ4n) is 6.17. The van der Waals surface area contributed by atoms with E-state index in [-0.39, 0.29) is 11.8 Å². The maximum atomic E-state index is 12.6. The highest BCUT2D eigenvalue weighted by atomic mass is 16.3. The lowest BCUT2D eigenvalue weighted by atomic mass is 9.45. The molecule has 4 heteroatoms. The van der Waals surface area contributed by atoms with Gasteiger partial charge in [-0.2, -0.15) is 0 Å². The van der Waals surface area contributed by atoms with Gasteiger partial charge in [0.2, 0.25) is 0 Å². The molecule has 0 amide bonds. The summed E-state index contributed by atoms with van der Waals surface area (Å²) in [6, 6.07) is 0. The van der Waals surface area contributed by atoms with Gasteiger partial charge in [-0.15, -0.1) is 0 Å². The molecule has 0 aromatic rings. The van der Waals surface area contributed by atoms with Gasteiger partial charge in [0, 0.05) is 18.9 Å². The van der Waals surface area contributed by atoms with Gasteiger partial charge in [-0.05, 0) is 50.5 Å². The van der Waals surface area contributed by atoms with Crippen molar-refractivity contribution in [2.45, 2.75) is 62.7 Å². The van der Waals surface area contributed by atoms with Crippen LogP contribution in [0, 0.1) is 17.8 Å². The molecule has 20 heavy (non-hydrogen) atoms. The van der Waals surface area contributed by atoms with Gasteiger partial charge in [0.15, 0.2) is 0 Å². The van der Waals surface area contributed by atoms with Gasteiger partial charge in [0.25, 0.3) is 0 Å². The summed E-state index contributed by atoms with van der Waals surface area (Å²) in [6.45, 7) is 4.03. The van der Waals surface area contributed by atoms with Crippen LogP contribution in [0.3, 0.4) is 0 Å². The summed E-state index contributed by atoms with van der Waals surface area (Å²) < 4.78 is 0. The first-order valence-corrected chi connectivity index (χ1v) is 8.18. The van der Waals surface area contributed by atoms with Crippen LogP contribution in [0.2, 0.25) is 0 Å². The van der Waals surface area contributed by atoms with Crippen LogP contribution in [-0.4, -0.2) is 51.2 Å². The number of nitrogens with zero attached hydrogens (tertiary/aromatic N) is 1. The maximum absolute atomic E-state index is 12.6. The smallest absolute Gasteiger partial charge is 0.138 e. The van der Waals surface area contributed by atoms with Crippen molar-refractivity contribution < 1.29 is 15.0 Å². The number of hydrogen-bond acceptors (Lipinski definition) is 4. The third-order valence-corrected chi connectivity index (χ3v) is 6.74. The summed E-state index contributed by atoms with van der Waals surface area (Å²) in [5.41, 5.74) is -1.53. The van der Waals surface area contributed by atoms with E-state index >= 15 is 0 Å². The molecule has 4 fully saturated rings. The third kappa shape index (κ3) is 1.31. The van der Waals surface area contributed by atoms with E-state index in [0.717, 1.165) is 38.8 Å². The van der Waals surface area contributed by atoms with Crippen molar-refractivity contribution in [2.24, 2.45) is 17.8 Å². The van der Waals surface area contributed by atoms with Crippen LogP contribution in [-0.2, 0) is 4.79 Å². The minimum Gasteiger partial charge on any atom is -0.390 e. The zero-order chi connectivity index (χ0) is 14.1. The molecule has 4 aliphatic rings. The van der Waals surface area contributed by atoms with Gasteiger partial charge >= 0.3 is 0 Å². The fraction of sp³-hybridized carbons (Fsp3) is 0.938. The van der Waals surface area contributed by atoms with Gasteiger partial charge < -0.3 is 10.2 Å². The van der Waals surface area contributed by atoms with E-state index in [1.165, 1.54) is 0 Å². The van der Waals surface area contributed by atoms with E-state index in [0.29, 0.717) is 24.5 Å². The van der Waals surface area contributed by atoms with Crippen LogP contribution in [0.4, 0.5) is 0 Å². The summed E-state index contributed by atoms with van der Waals surface area (Å²) >= 11 is 0. The van der Waals surface area contributed by atoms with Crippen molar-refractivity contribution in [1.29, 1.82) is 0 Å². The van der Waals surface area contributed by atoms with Gasteiger partial charge in [0.05, 0.1) is 11.6 Å². The predicted octanol–water partition coefficient (Wildman–Crippen LogP) is 0.952. The molecule has 2 heterocycles. The van der Waals surface area contributed by atoms with Crippen LogP contribution >= 0.6 is 0 Å². The van der Waals surface area contributed by atoms with E-state index in [1.54, 1.807) is 0 Å². The molecular formula is C16H25NO3. The predicted molar refractivity (Wildman–Crippen MR) is 74.1 cm³/mol. The minimum absolute atomic E-state index is 0.0501. The van der Waals surface area contributed by atoms with E-state index in [9.17, 15) is 15.0 Å². The molecule has 2 saturated carbocycles. The summed E-state index contributed by atoms with van der Waals surface area (Å²) in [7, 11) is 0. The van der Waals surface area contributed by atoms with Crippen LogP contribution in [0.15, 0.2) is 0 Å². The number of rotatable bonds is 0. The standard InChI is InChI=1S/C16H25NO3/c1-10-7-11-8-13(18)12-3-2-5-17-6-4-14(19)16(11,20)15(12,17)9-10/h10-12,14,19-20H,2-9H2,1H3/t10-,11+,12-,14-,15+,16+/m1/s1. The first-order valence-electron chi connectivity index (χ1n) is 8.18. The molecule has 2 N–H and O–H groups in total. The number of hydrogen-bond donors (Lipinski definition) is 2. The molecule has 2 aliphatic carbocycles. The van der Waals surface area contributed by atoms with Crippen LogP contribution < -0.4 is 0 Å². The average Bonchev–Trinajstić information content (AvgIpc) is 2.39. The number of piperidine rings is 2. The Morgan fingerprint density at radius 2 is 2.10 bits per heavy atom. The van der Waals surface area contributed by atoms with Crippen LogP contribution in [0.5, 0.6) is 0 Å². The number of carbonyl (C=O) groups excluding carboxylic acids is 1. The van der Waals surface area contributed by atoms with Crippen LogP contribution in [0.25, 0.3) is 0 Å². The normalized spacial score (nSPS) is 55.5. The van der Waals surface area contributed by atoms with Crippen LogP contribution in [0.1, 0.15) is 45.4 Å². The molecule has 4 rings (SSSR count). The molecule has 2 saturated heterocycles. The molecule has 0 unspecified atom stereocenters. The molecule has 2 aliphatic heterocycles. The maximum Gasteiger partial charge on any atom is 0.138 e. The second-order valence-electron chi connectivity index (χ2n) is 7.65. The number of ketones is 1. The molecular weight excluding hydrogens is 254 g/mol. The molecule has 0 aromatic heterocycles. The Labute approximate surface area is 120 Å². The minimum atomic E-state index is -1.06. The average molecular weight is 279 g/mol. The Morgan fingerprint density at radius 3 is 2.90 bits per heavy atom. The van der Waals surface area contributed by atoms with Gasteiger partial charge in [-0.25, -0.2) is 0 Å². The third-order valence-electron chi connectivity index (χ3n) is 6.74. The first kappa shape index (κ1) is 13.2. The lowest BCUT2D eigenvalue weighted by Gasteiger charge is -2.70. The lowest BCUT2D eigenvalue weighted by Crippen LogP contribution is -2.83. The summed E-state index contributed by atoms with van der Waals surface area (Å²) in [4.78, 5) is 15.0. The van der Waals surface area contributed by atoms with Gasteiger partial charge in [0.1, 0.15) is 11.4 Å². The Morgan fingerprint density at radius 1 is 1.30 bits per heavy atom. The second-order valence-corrected chi connectivity index (χ2v) is 7.65. The largest absolute Gasteiger partial charge is 0.390 e. The topological polar surface area (TPSA) is 60.8 Å². The van der Waals surface area contributed by atoms with E-state index < -0.39 is 17.2 Å². The Hall–Kier alpha value is -0.450. The Kier molecular flexibility index (Phi) is 2.68. The van der Waals surface area contributed by atoms with Crippen molar-refractivity contribution in [2.75, 3.05) is 13.1 Å². The summed E-state index contributed by atoms with van der Waals surface area (Å²) in [5, 5.41) is 22.1. The zero-order valence-corrected chi connectivity index (χ0v) is 12.2. The molecule has 6 atom stereocenters. The molecule has 2 bridgehead atoms. The SMILES string of the molecule is C[C@@H]1C[C@H]2CC(=O)[C@H]3CCCN4CC[C@@H](O)[C@]2(O)[C@]34C1. The highest BCUT2D eigenvalue weighted by Gasteiger charge is 2.72. The zero-order valence-electron chi connectivity index (χ0n) is 12.2. The van der Waals surface area contributed by atoms with E-state index in [1.807, 2.05) is 0 Å². The molecule has 0 radical (unpaired) electrons.